The average Bonchev–Trinajstić information content (AvgIpc) is 2.49. The van der Waals surface area contributed by atoms with E-state index in [2.05, 4.69) is 9.47 Å². The van der Waals surface area contributed by atoms with Gasteiger partial charge in [-0.1, -0.05) is 6.07 Å². The molecule has 1 aromatic carbocycles. The van der Waals surface area contributed by atoms with Crippen molar-refractivity contribution in [2.24, 2.45) is 5.73 Å². The van der Waals surface area contributed by atoms with Crippen molar-refractivity contribution in [3.63, 3.8) is 0 Å². The largest absolute Gasteiger partial charge is 0.586 e. The van der Waals surface area contributed by atoms with Crippen molar-refractivity contribution in [2.75, 3.05) is 6.67 Å². The van der Waals surface area contributed by atoms with E-state index >= 15 is 0 Å². The van der Waals surface area contributed by atoms with Crippen LogP contribution < -0.4 is 15.2 Å². The van der Waals surface area contributed by atoms with Gasteiger partial charge in [-0.15, -0.1) is 8.78 Å². The molecule has 0 bridgehead atoms. The topological polar surface area (TPSA) is 44.5 Å². The van der Waals surface area contributed by atoms with E-state index in [9.17, 15) is 13.2 Å². The Morgan fingerprint density at radius 1 is 1.27 bits per heavy atom. The fourth-order valence-corrected chi connectivity index (χ4v) is 1.29. The third-order valence-electron chi connectivity index (χ3n) is 2.02. The van der Waals surface area contributed by atoms with E-state index < -0.39 is 19.0 Å². The summed E-state index contributed by atoms with van der Waals surface area (Å²) in [4.78, 5) is 0. The highest BCUT2D eigenvalue weighted by Gasteiger charge is 2.43. The maximum Gasteiger partial charge on any atom is 0.586 e. The van der Waals surface area contributed by atoms with Gasteiger partial charge in [0.15, 0.2) is 11.5 Å². The van der Waals surface area contributed by atoms with E-state index in [1.807, 2.05) is 0 Å². The third-order valence-corrected chi connectivity index (χ3v) is 2.02. The molecule has 1 atom stereocenters. The summed E-state index contributed by atoms with van der Waals surface area (Å²) < 4.78 is 45.8. The van der Waals surface area contributed by atoms with Gasteiger partial charge in [0.05, 0.1) is 6.04 Å². The molecule has 3 nitrogen and oxygen atoms in total. The third kappa shape index (κ3) is 1.85. The molecule has 0 spiro atoms. The molecule has 0 radical (unpaired) electrons. The molecular formula is C9H8F3NO2. The maximum absolute atomic E-state index is 12.6. The predicted octanol–water partition coefficient (Wildman–Crippen LogP) is 1.98. The zero-order valence-electron chi connectivity index (χ0n) is 7.54. The van der Waals surface area contributed by atoms with E-state index in [1.165, 1.54) is 18.2 Å². The Balaban J connectivity index is 2.30. The van der Waals surface area contributed by atoms with Crippen LogP contribution in [0.3, 0.4) is 0 Å². The molecule has 1 aromatic rings. The molecule has 1 heterocycles. The van der Waals surface area contributed by atoms with Crippen molar-refractivity contribution in [1.82, 2.24) is 0 Å². The van der Waals surface area contributed by atoms with Crippen LogP contribution in [-0.2, 0) is 0 Å². The molecule has 0 unspecified atom stereocenters. The monoisotopic (exact) mass is 219 g/mol. The second kappa shape index (κ2) is 3.30. The quantitative estimate of drug-likeness (QED) is 0.827. The molecule has 0 aliphatic carbocycles. The van der Waals surface area contributed by atoms with Gasteiger partial charge in [-0.25, -0.2) is 4.39 Å². The van der Waals surface area contributed by atoms with Gasteiger partial charge >= 0.3 is 6.29 Å². The number of alkyl halides is 3. The van der Waals surface area contributed by atoms with Crippen LogP contribution in [0.2, 0.25) is 0 Å². The van der Waals surface area contributed by atoms with Crippen LogP contribution in [0.4, 0.5) is 13.2 Å². The summed E-state index contributed by atoms with van der Waals surface area (Å²) in [6, 6.07) is 3.11. The lowest BCUT2D eigenvalue weighted by Gasteiger charge is -2.07. The fraction of sp³-hybridized carbons (Fsp3) is 0.333. The van der Waals surface area contributed by atoms with Gasteiger partial charge in [0.2, 0.25) is 0 Å². The zero-order chi connectivity index (χ0) is 11.1. The molecule has 0 amide bonds. The van der Waals surface area contributed by atoms with Gasteiger partial charge in [-0.3, -0.25) is 0 Å². The van der Waals surface area contributed by atoms with Gasteiger partial charge in [0, 0.05) is 0 Å². The van der Waals surface area contributed by atoms with Crippen molar-refractivity contribution in [3.05, 3.63) is 23.8 Å². The van der Waals surface area contributed by atoms with E-state index in [1.54, 1.807) is 0 Å². The van der Waals surface area contributed by atoms with Crippen LogP contribution in [0.1, 0.15) is 11.6 Å². The van der Waals surface area contributed by atoms with Crippen molar-refractivity contribution < 1.29 is 22.6 Å². The van der Waals surface area contributed by atoms with E-state index in [4.69, 9.17) is 5.73 Å². The lowest BCUT2D eigenvalue weighted by atomic mass is 10.1. The van der Waals surface area contributed by atoms with Gasteiger partial charge in [-0.05, 0) is 17.7 Å². The Bertz CT molecular complexity index is 384. The van der Waals surface area contributed by atoms with Crippen LogP contribution in [-0.4, -0.2) is 13.0 Å². The number of rotatable bonds is 2. The molecule has 0 saturated carbocycles. The summed E-state index contributed by atoms with van der Waals surface area (Å²) in [7, 11) is 0. The molecule has 6 heteroatoms. The highest BCUT2D eigenvalue weighted by molar-refractivity contribution is 5.45. The van der Waals surface area contributed by atoms with E-state index in [0.717, 1.165) is 0 Å². The molecule has 1 aliphatic heterocycles. The van der Waals surface area contributed by atoms with Crippen LogP contribution in [0.5, 0.6) is 11.5 Å². The highest BCUT2D eigenvalue weighted by Crippen LogP contribution is 2.41. The molecule has 0 fully saturated rings. The highest BCUT2D eigenvalue weighted by atomic mass is 19.3. The Hall–Kier alpha value is -1.43. The molecule has 15 heavy (non-hydrogen) atoms. The van der Waals surface area contributed by atoms with E-state index in [-0.39, 0.29) is 11.5 Å². The lowest BCUT2D eigenvalue weighted by Crippen LogP contribution is -2.25. The summed E-state index contributed by atoms with van der Waals surface area (Å²) >= 11 is 0. The summed E-state index contributed by atoms with van der Waals surface area (Å²) in [5.41, 5.74) is 5.78. The molecule has 1 aliphatic rings. The molecule has 2 N–H and O–H groups in total. The number of fused-ring (bicyclic) bond motifs is 1. The van der Waals surface area contributed by atoms with Crippen molar-refractivity contribution in [1.29, 1.82) is 0 Å². The number of hydrogen-bond donors (Lipinski definition) is 1. The van der Waals surface area contributed by atoms with Gasteiger partial charge in [0.1, 0.15) is 6.67 Å². The minimum atomic E-state index is -3.65. The van der Waals surface area contributed by atoms with Crippen LogP contribution in [0.25, 0.3) is 0 Å². The Morgan fingerprint density at radius 2 is 1.93 bits per heavy atom. The predicted molar refractivity (Wildman–Crippen MR) is 45.5 cm³/mol. The Kier molecular flexibility index (Phi) is 2.22. The minimum absolute atomic E-state index is 0.0743. The standard InChI is InChI=1S/C9H8F3NO2/c10-4-6(13)5-1-2-7-8(3-5)15-9(11,12)14-7/h1-3,6H,4,13H2/t6-/m0/s1. The summed E-state index contributed by atoms with van der Waals surface area (Å²) in [6.45, 7) is -0.768. The fourth-order valence-electron chi connectivity index (χ4n) is 1.29. The van der Waals surface area contributed by atoms with Gasteiger partial charge < -0.3 is 15.2 Å². The number of halogens is 3. The first-order valence-electron chi connectivity index (χ1n) is 4.23. The molecule has 0 saturated heterocycles. The van der Waals surface area contributed by atoms with Crippen LogP contribution >= 0.6 is 0 Å². The normalized spacial score (nSPS) is 18.9. The van der Waals surface area contributed by atoms with Gasteiger partial charge in [0.25, 0.3) is 0 Å². The number of hydrogen-bond acceptors (Lipinski definition) is 3. The smallest absolute Gasteiger partial charge is 0.395 e. The molecular weight excluding hydrogens is 211 g/mol. The van der Waals surface area contributed by atoms with E-state index in [0.29, 0.717) is 5.56 Å². The van der Waals surface area contributed by atoms with Crippen molar-refractivity contribution >= 4 is 0 Å². The van der Waals surface area contributed by atoms with Crippen molar-refractivity contribution in [2.45, 2.75) is 12.3 Å². The second-order valence-corrected chi connectivity index (χ2v) is 3.13. The summed E-state index contributed by atoms with van der Waals surface area (Å²) in [5, 5.41) is 0. The second-order valence-electron chi connectivity index (χ2n) is 3.13. The maximum atomic E-state index is 12.6. The molecule has 0 aromatic heterocycles. The first-order valence-corrected chi connectivity index (χ1v) is 4.23. The SMILES string of the molecule is N[C@@H](CF)c1ccc2c(c1)OC(F)(F)O2. The average molecular weight is 219 g/mol. The first kappa shape index (κ1) is 10.1. The summed E-state index contributed by atoms with van der Waals surface area (Å²) in [6.07, 6.45) is -3.65. The van der Waals surface area contributed by atoms with Gasteiger partial charge in [-0.2, -0.15) is 0 Å². The zero-order valence-corrected chi connectivity index (χ0v) is 7.54. The number of nitrogens with two attached hydrogens (primary N) is 1. The summed E-state index contributed by atoms with van der Waals surface area (Å²) in [5.74, 6) is -0.198. The Morgan fingerprint density at radius 3 is 2.60 bits per heavy atom. The lowest BCUT2D eigenvalue weighted by molar-refractivity contribution is -0.286. The van der Waals surface area contributed by atoms with Crippen LogP contribution in [0, 0.1) is 0 Å². The first-order chi connectivity index (χ1) is 7.02. The minimum Gasteiger partial charge on any atom is -0.395 e. The molecule has 82 valence electrons. The number of ether oxygens (including phenoxy) is 2. The molecule has 2 rings (SSSR count). The van der Waals surface area contributed by atoms with Crippen LogP contribution in [0.15, 0.2) is 18.2 Å². The Labute approximate surface area is 83.6 Å². The number of benzene rings is 1. The van der Waals surface area contributed by atoms with Crippen molar-refractivity contribution in [3.8, 4) is 11.5 Å².